The van der Waals surface area contributed by atoms with E-state index in [0.29, 0.717) is 0 Å². The molecule has 2 aromatic carbocycles. The normalized spacial score (nSPS) is 13.2. The molecular weight excluding hydrogens is 268 g/mol. The minimum atomic E-state index is -0.0903. The molecule has 0 fully saturated rings. The lowest BCUT2D eigenvalue weighted by molar-refractivity contribution is 0.316. The number of rotatable bonds is 5. The van der Waals surface area contributed by atoms with Crippen molar-refractivity contribution < 1.29 is 5.21 Å². The topological polar surface area (TPSA) is 58.6 Å². The van der Waals surface area contributed by atoms with Crippen molar-refractivity contribution in [3.63, 3.8) is 0 Å². The summed E-state index contributed by atoms with van der Waals surface area (Å²) in [7, 11) is 0. The van der Waals surface area contributed by atoms with Crippen LogP contribution in [0, 0.1) is 6.92 Å². The summed E-state index contributed by atoms with van der Waals surface area (Å²) < 4.78 is 0. The van der Waals surface area contributed by atoms with Crippen LogP contribution in [0.3, 0.4) is 0 Å². The third kappa shape index (κ3) is 3.78. The molecule has 3 N–H and O–H groups in total. The number of thioether (sulfide) groups is 1. The average molecular weight is 286 g/mol. The Hall–Kier alpha value is -1.94. The number of hydrogen-bond donors (Lipinski definition) is 2. The number of oxime groups is 1. The number of benzene rings is 2. The number of hydrogen-bond acceptors (Lipinski definition) is 3. The lowest BCUT2D eigenvalue weighted by Gasteiger charge is -2.15. The Labute approximate surface area is 123 Å². The van der Waals surface area contributed by atoms with E-state index in [1.165, 1.54) is 10.5 Å². The van der Waals surface area contributed by atoms with Gasteiger partial charge in [0.1, 0.15) is 5.84 Å². The quantitative estimate of drug-likeness (QED) is 0.290. The molecule has 2 aromatic rings. The van der Waals surface area contributed by atoms with E-state index in [2.05, 4.69) is 36.3 Å². The largest absolute Gasteiger partial charge is 0.409 e. The molecule has 0 spiro atoms. The molecule has 4 heteroatoms. The van der Waals surface area contributed by atoms with Crippen LogP contribution in [0.2, 0.25) is 0 Å². The van der Waals surface area contributed by atoms with E-state index in [-0.39, 0.29) is 11.8 Å². The third-order valence-corrected chi connectivity index (χ3v) is 4.22. The summed E-state index contributed by atoms with van der Waals surface area (Å²) in [5.74, 6) is 0.895. The van der Waals surface area contributed by atoms with Gasteiger partial charge in [-0.15, -0.1) is 11.8 Å². The molecular formula is C16H18N2OS. The lowest BCUT2D eigenvalue weighted by atomic mass is 10.0. The van der Waals surface area contributed by atoms with Crippen molar-refractivity contribution in [1.82, 2.24) is 0 Å². The van der Waals surface area contributed by atoms with Crippen molar-refractivity contribution in [2.45, 2.75) is 17.7 Å². The van der Waals surface area contributed by atoms with Crippen molar-refractivity contribution in [3.8, 4) is 0 Å². The predicted molar refractivity (Wildman–Crippen MR) is 84.5 cm³/mol. The van der Waals surface area contributed by atoms with Gasteiger partial charge in [0.05, 0.1) is 5.92 Å². The summed E-state index contributed by atoms with van der Waals surface area (Å²) in [5.41, 5.74) is 8.12. The van der Waals surface area contributed by atoms with Gasteiger partial charge in [-0.1, -0.05) is 53.2 Å². The number of nitrogens with zero attached hydrogens (tertiary/aromatic N) is 1. The highest BCUT2D eigenvalue weighted by atomic mass is 32.2. The molecule has 20 heavy (non-hydrogen) atoms. The van der Waals surface area contributed by atoms with Crippen LogP contribution in [-0.2, 0) is 0 Å². The van der Waals surface area contributed by atoms with Gasteiger partial charge in [-0.2, -0.15) is 0 Å². The summed E-state index contributed by atoms with van der Waals surface area (Å²) in [6.45, 7) is 2.07. The van der Waals surface area contributed by atoms with E-state index < -0.39 is 0 Å². The van der Waals surface area contributed by atoms with Crippen LogP contribution in [-0.4, -0.2) is 16.8 Å². The van der Waals surface area contributed by atoms with Crippen LogP contribution in [0.1, 0.15) is 17.0 Å². The molecule has 0 radical (unpaired) electrons. The van der Waals surface area contributed by atoms with Crippen LogP contribution in [0.5, 0.6) is 0 Å². The zero-order chi connectivity index (χ0) is 14.4. The van der Waals surface area contributed by atoms with Gasteiger partial charge in [0.25, 0.3) is 0 Å². The molecule has 2 rings (SSSR count). The number of amidine groups is 1. The van der Waals surface area contributed by atoms with Crippen LogP contribution >= 0.6 is 11.8 Å². The molecule has 104 valence electrons. The van der Waals surface area contributed by atoms with Gasteiger partial charge in [-0.05, 0) is 24.6 Å². The molecule has 3 nitrogen and oxygen atoms in total. The maximum absolute atomic E-state index is 8.95. The first kappa shape index (κ1) is 14.5. The molecule has 1 atom stereocenters. The minimum Gasteiger partial charge on any atom is -0.409 e. The lowest BCUT2D eigenvalue weighted by Crippen LogP contribution is -2.23. The summed E-state index contributed by atoms with van der Waals surface area (Å²) in [6, 6.07) is 18.2. The highest BCUT2D eigenvalue weighted by Gasteiger charge is 2.16. The predicted octanol–water partition coefficient (Wildman–Crippen LogP) is 3.62. The van der Waals surface area contributed by atoms with E-state index in [9.17, 15) is 0 Å². The maximum Gasteiger partial charge on any atom is 0.147 e. The van der Waals surface area contributed by atoms with E-state index in [1.807, 2.05) is 30.3 Å². The van der Waals surface area contributed by atoms with Crippen LogP contribution in [0.15, 0.2) is 64.6 Å². The van der Waals surface area contributed by atoms with E-state index in [0.717, 1.165) is 11.3 Å². The van der Waals surface area contributed by atoms with Gasteiger partial charge in [0.15, 0.2) is 0 Å². The third-order valence-electron chi connectivity index (χ3n) is 3.11. The Morgan fingerprint density at radius 3 is 2.40 bits per heavy atom. The Morgan fingerprint density at radius 1 is 1.15 bits per heavy atom. The number of nitrogens with two attached hydrogens (primary N) is 1. The fourth-order valence-corrected chi connectivity index (χ4v) is 2.97. The second-order valence-corrected chi connectivity index (χ2v) is 5.71. The fraction of sp³-hybridized carbons (Fsp3) is 0.188. The molecule has 0 amide bonds. The summed E-state index contributed by atoms with van der Waals surface area (Å²) in [4.78, 5) is 1.18. The Kier molecular flexibility index (Phi) is 5.07. The van der Waals surface area contributed by atoms with Gasteiger partial charge in [-0.3, -0.25) is 0 Å². The Morgan fingerprint density at radius 2 is 1.80 bits per heavy atom. The van der Waals surface area contributed by atoms with Gasteiger partial charge < -0.3 is 10.9 Å². The second-order valence-electron chi connectivity index (χ2n) is 4.61. The zero-order valence-corrected chi connectivity index (χ0v) is 12.2. The minimum absolute atomic E-state index is 0.0903. The first-order chi connectivity index (χ1) is 9.70. The average Bonchev–Trinajstić information content (AvgIpc) is 2.50. The van der Waals surface area contributed by atoms with E-state index in [4.69, 9.17) is 10.9 Å². The van der Waals surface area contributed by atoms with Crippen LogP contribution < -0.4 is 5.73 Å². The van der Waals surface area contributed by atoms with Crippen molar-refractivity contribution >= 4 is 17.6 Å². The van der Waals surface area contributed by atoms with Gasteiger partial charge in [0.2, 0.25) is 0 Å². The fourth-order valence-electron chi connectivity index (χ4n) is 1.92. The van der Waals surface area contributed by atoms with Gasteiger partial charge in [0, 0.05) is 10.6 Å². The molecule has 0 aliphatic carbocycles. The first-order valence-corrected chi connectivity index (χ1v) is 7.41. The molecule has 0 heterocycles. The van der Waals surface area contributed by atoms with E-state index in [1.54, 1.807) is 11.8 Å². The smallest absolute Gasteiger partial charge is 0.147 e. The standard InChI is InChI=1S/C16H18N2OS/c1-12-7-9-14(10-8-12)20-11-15(16(17)18-19)13-5-3-2-4-6-13/h2-10,15,19H,11H2,1H3,(H2,17,18). The summed E-state index contributed by atoms with van der Waals surface area (Å²) in [5, 5.41) is 12.1. The molecule has 1 unspecified atom stereocenters. The Balaban J connectivity index is 2.11. The first-order valence-electron chi connectivity index (χ1n) is 6.42. The van der Waals surface area contributed by atoms with Gasteiger partial charge in [-0.25, -0.2) is 0 Å². The SMILES string of the molecule is Cc1ccc(SCC(C(N)=NO)c2ccccc2)cc1. The Bertz CT molecular complexity index is 567. The summed E-state index contributed by atoms with van der Waals surface area (Å²) >= 11 is 1.70. The molecule has 0 aromatic heterocycles. The van der Waals surface area contributed by atoms with Crippen LogP contribution in [0.25, 0.3) is 0 Å². The van der Waals surface area contributed by atoms with Crippen molar-refractivity contribution in [1.29, 1.82) is 0 Å². The van der Waals surface area contributed by atoms with Crippen molar-refractivity contribution in [2.75, 3.05) is 5.75 Å². The summed E-state index contributed by atoms with van der Waals surface area (Å²) in [6.07, 6.45) is 0. The van der Waals surface area contributed by atoms with Crippen molar-refractivity contribution in [2.24, 2.45) is 10.9 Å². The van der Waals surface area contributed by atoms with Crippen molar-refractivity contribution in [3.05, 3.63) is 65.7 Å². The zero-order valence-electron chi connectivity index (χ0n) is 11.4. The van der Waals surface area contributed by atoms with Gasteiger partial charge >= 0.3 is 0 Å². The second kappa shape index (κ2) is 7.01. The molecule has 0 bridgehead atoms. The maximum atomic E-state index is 8.95. The molecule has 0 saturated carbocycles. The molecule has 0 aliphatic rings. The molecule has 0 aliphatic heterocycles. The monoisotopic (exact) mass is 286 g/mol. The molecule has 0 saturated heterocycles. The highest BCUT2D eigenvalue weighted by Crippen LogP contribution is 2.26. The highest BCUT2D eigenvalue weighted by molar-refractivity contribution is 7.99. The van der Waals surface area contributed by atoms with E-state index >= 15 is 0 Å². The van der Waals surface area contributed by atoms with Crippen LogP contribution in [0.4, 0.5) is 0 Å². The number of aryl methyl sites for hydroxylation is 1.